The summed E-state index contributed by atoms with van der Waals surface area (Å²) in [5.41, 5.74) is 0. The molecule has 4 bridgehead atoms. The van der Waals surface area contributed by atoms with Gasteiger partial charge in [-0.15, -0.1) is 0 Å². The molecule has 0 atom stereocenters. The van der Waals surface area contributed by atoms with E-state index in [2.05, 4.69) is 0 Å². The normalized spacial score (nSPS) is 41.1. The van der Waals surface area contributed by atoms with Crippen LogP contribution in [-0.4, -0.2) is 0 Å². The molecule has 14 heavy (non-hydrogen) atoms. The summed E-state index contributed by atoms with van der Waals surface area (Å²) >= 11 is 0. The van der Waals surface area contributed by atoms with E-state index in [0.29, 0.717) is 0 Å². The Labute approximate surface area is 87.5 Å². The minimum Gasteiger partial charge on any atom is -0.0475 e. The lowest BCUT2D eigenvalue weighted by Crippen LogP contribution is -2.38. The zero-order valence-corrected chi connectivity index (χ0v) is 8.34. The second-order valence-corrected chi connectivity index (χ2v) is 4.88. The first-order chi connectivity index (χ1) is 4.90. The predicted molar refractivity (Wildman–Crippen MR) is 50.2 cm³/mol. The van der Waals surface area contributed by atoms with Gasteiger partial charge in [0, 0.05) is 24.6 Å². The van der Waals surface area contributed by atoms with Crippen molar-refractivity contribution in [2.75, 3.05) is 0 Å². The van der Waals surface area contributed by atoms with E-state index in [4.69, 9.17) is 0 Å². The van der Waals surface area contributed by atoms with Gasteiger partial charge in [0.1, 0.15) is 0 Å². The van der Waals surface area contributed by atoms with Gasteiger partial charge < -0.3 is 0 Å². The lowest BCUT2D eigenvalue weighted by molar-refractivity contribution is 0.0198. The Morgan fingerprint density at radius 1 is 0.357 bits per heavy atom. The molecule has 12 radical (unpaired) electrons. The van der Waals surface area contributed by atoms with Crippen molar-refractivity contribution in [2.24, 2.45) is 23.7 Å². The minimum atomic E-state index is 0. The highest BCUT2D eigenvalue weighted by Gasteiger charge is 2.41. The summed E-state index contributed by atoms with van der Waals surface area (Å²) in [5, 5.41) is 0. The fourth-order valence-corrected chi connectivity index (χ4v) is 3.98. The molecule has 0 N–H and O–H groups in total. The molecule has 0 aromatic rings. The summed E-state index contributed by atoms with van der Waals surface area (Å²) in [4.78, 5) is 0. The number of nitrogens with zero attached hydrogens (tertiary/aromatic N) is 4. The third kappa shape index (κ3) is 2.45. The van der Waals surface area contributed by atoms with Gasteiger partial charge in [0.2, 0.25) is 0 Å². The molecule has 0 aromatic carbocycles. The van der Waals surface area contributed by atoms with Gasteiger partial charge in [0.25, 0.3) is 0 Å². The summed E-state index contributed by atoms with van der Waals surface area (Å²) in [7, 11) is 0. The Morgan fingerprint density at radius 3 is 0.643 bits per heavy atom. The van der Waals surface area contributed by atoms with Crippen LogP contribution in [0, 0.1) is 23.7 Å². The Kier molecular flexibility index (Phi) is 6.58. The molecule has 0 aliphatic heterocycles. The number of rotatable bonds is 0. The molecule has 0 aromatic heterocycles. The molecule has 0 unspecified atom stereocenters. The van der Waals surface area contributed by atoms with Crippen molar-refractivity contribution in [1.29, 1.82) is 0 Å². The van der Waals surface area contributed by atoms with Gasteiger partial charge in [0.05, 0.1) is 0 Å². The van der Waals surface area contributed by atoms with Gasteiger partial charge in [0.15, 0.2) is 0 Å². The molecule has 4 heteroatoms. The van der Waals surface area contributed by atoms with Crippen molar-refractivity contribution >= 4 is 0 Å². The first kappa shape index (κ1) is 16.3. The monoisotopic (exact) mass is 192 g/mol. The van der Waals surface area contributed by atoms with Crippen LogP contribution in [0.3, 0.4) is 0 Å². The largest absolute Gasteiger partial charge is 0.0475 e. The van der Waals surface area contributed by atoms with Crippen LogP contribution in [0.5, 0.6) is 0 Å². The Balaban J connectivity index is 0. The molecule has 4 aliphatic carbocycles. The molecule has 0 saturated heterocycles. The van der Waals surface area contributed by atoms with Gasteiger partial charge in [-0.05, 0) is 62.2 Å². The molecule has 0 amide bonds. The second kappa shape index (κ2) is 5.66. The van der Waals surface area contributed by atoms with E-state index < -0.39 is 0 Å². The van der Waals surface area contributed by atoms with Crippen LogP contribution in [0.15, 0.2) is 0 Å². The van der Waals surface area contributed by atoms with Crippen LogP contribution in [-0.2, 0) is 0 Å². The van der Waals surface area contributed by atoms with Crippen LogP contribution >= 0.6 is 0 Å². The third-order valence-electron chi connectivity index (χ3n) is 4.00. The van der Waals surface area contributed by atoms with Crippen molar-refractivity contribution in [2.45, 2.75) is 38.5 Å². The third-order valence-corrected chi connectivity index (χ3v) is 4.00. The highest BCUT2D eigenvalue weighted by Crippen LogP contribution is 2.53. The molecule has 4 aliphatic rings. The number of hydrogen-bond acceptors (Lipinski definition) is 0. The van der Waals surface area contributed by atoms with Gasteiger partial charge >= 0.3 is 0 Å². The average molecular weight is 192 g/mol. The maximum absolute atomic E-state index is 1.60. The van der Waals surface area contributed by atoms with Crippen molar-refractivity contribution < 1.29 is 0 Å². The van der Waals surface area contributed by atoms with Crippen molar-refractivity contribution in [3.05, 3.63) is 0 Å². The first-order valence-electron chi connectivity index (χ1n) is 4.90. The zero-order chi connectivity index (χ0) is 6.55. The summed E-state index contributed by atoms with van der Waals surface area (Å²) < 4.78 is 0. The fourth-order valence-electron chi connectivity index (χ4n) is 3.98. The zero-order valence-electron chi connectivity index (χ0n) is 8.34. The SMILES string of the molecule is C1C2CC3CC1CC(C2)C3.[N].[N].[N].[N]. The molecule has 4 nitrogen and oxygen atoms in total. The predicted octanol–water partition coefficient (Wildman–Crippen LogP) is 0.910. The number of hydrogen-bond donors (Lipinski definition) is 0. The summed E-state index contributed by atoms with van der Waals surface area (Å²) in [5.74, 6) is 4.71. The van der Waals surface area contributed by atoms with Gasteiger partial charge in [-0.1, -0.05) is 0 Å². The quantitative estimate of drug-likeness (QED) is 0.541. The van der Waals surface area contributed by atoms with Crippen LogP contribution in [0.25, 0.3) is 0 Å². The molecule has 0 spiro atoms. The molecular formula is C10H16N4. The summed E-state index contributed by atoms with van der Waals surface area (Å²) in [6, 6.07) is 0. The van der Waals surface area contributed by atoms with E-state index in [1.54, 1.807) is 38.5 Å². The van der Waals surface area contributed by atoms with Crippen molar-refractivity contribution in [3.8, 4) is 0 Å². The van der Waals surface area contributed by atoms with Crippen molar-refractivity contribution in [1.82, 2.24) is 24.6 Å². The second-order valence-electron chi connectivity index (χ2n) is 4.88. The lowest BCUT2D eigenvalue weighted by atomic mass is 9.56. The molecule has 4 fully saturated rings. The van der Waals surface area contributed by atoms with E-state index in [-0.39, 0.29) is 24.6 Å². The van der Waals surface area contributed by atoms with Gasteiger partial charge in [-0.2, -0.15) is 0 Å². The molecular weight excluding hydrogens is 176 g/mol. The topological polar surface area (TPSA) is 122 Å². The summed E-state index contributed by atoms with van der Waals surface area (Å²) in [6.07, 6.45) is 9.62. The van der Waals surface area contributed by atoms with Crippen LogP contribution in [0.2, 0.25) is 0 Å². The smallest absolute Gasteiger partial charge is 0 e. The van der Waals surface area contributed by atoms with Crippen LogP contribution in [0.1, 0.15) is 38.5 Å². The van der Waals surface area contributed by atoms with Crippen molar-refractivity contribution in [3.63, 3.8) is 0 Å². The van der Waals surface area contributed by atoms with Crippen LogP contribution in [0.4, 0.5) is 0 Å². The molecule has 4 saturated carbocycles. The van der Waals surface area contributed by atoms with Crippen LogP contribution < -0.4 is 24.6 Å². The van der Waals surface area contributed by atoms with E-state index in [1.807, 2.05) is 0 Å². The Hall–Kier alpha value is -0.160. The highest BCUT2D eigenvalue weighted by molar-refractivity contribution is 4.92. The van der Waals surface area contributed by atoms with E-state index in [0.717, 1.165) is 0 Å². The molecule has 76 valence electrons. The Morgan fingerprint density at radius 2 is 0.500 bits per heavy atom. The lowest BCUT2D eigenvalue weighted by Gasteiger charge is -2.49. The van der Waals surface area contributed by atoms with Gasteiger partial charge in [-0.25, -0.2) is 0 Å². The minimum absolute atomic E-state index is 0. The molecule has 0 heterocycles. The Bertz CT molecular complexity index is 104. The van der Waals surface area contributed by atoms with Gasteiger partial charge in [-0.3, -0.25) is 0 Å². The average Bonchev–Trinajstić information content (AvgIpc) is 1.82. The van der Waals surface area contributed by atoms with E-state index in [9.17, 15) is 0 Å². The van der Waals surface area contributed by atoms with E-state index in [1.165, 1.54) is 23.7 Å². The first-order valence-corrected chi connectivity index (χ1v) is 4.90. The molecule has 4 rings (SSSR count). The maximum Gasteiger partial charge on any atom is 0 e. The highest BCUT2D eigenvalue weighted by atomic mass is 14.5. The fraction of sp³-hybridized carbons (Fsp3) is 1.00. The maximum atomic E-state index is 1.60. The summed E-state index contributed by atoms with van der Waals surface area (Å²) in [6.45, 7) is 0. The van der Waals surface area contributed by atoms with E-state index >= 15 is 0 Å². The standard InChI is InChI=1S/C10H16.4N/c1-7-2-9-4-8(1)5-10(3-7)6-9;;;;/h7-10H,1-6H2;;;;.